The largest absolute Gasteiger partial charge is 0.345 e. The first-order chi connectivity index (χ1) is 10.4. The van der Waals surface area contributed by atoms with Gasteiger partial charge in [-0.05, 0) is 46.3 Å². The maximum Gasteiger partial charge on any atom is 0.286 e. The van der Waals surface area contributed by atoms with Gasteiger partial charge in [0.05, 0.1) is 0 Å². The van der Waals surface area contributed by atoms with Crippen LogP contribution in [0.5, 0.6) is 0 Å². The lowest BCUT2D eigenvalue weighted by atomic mass is 10.2. The number of carbonyl (C=O) groups is 2. The third-order valence-electron chi connectivity index (χ3n) is 2.94. The minimum atomic E-state index is -1.10. The molecule has 0 spiro atoms. The lowest BCUT2D eigenvalue weighted by Gasteiger charge is -2.08. The molecule has 0 saturated carbocycles. The number of hydrazine groups is 1. The third kappa shape index (κ3) is 3.83. The Labute approximate surface area is 138 Å². The highest BCUT2D eigenvalue weighted by Crippen LogP contribution is 2.13. The summed E-state index contributed by atoms with van der Waals surface area (Å²) in [7, 11) is 0.632. The molecule has 0 bridgehead atoms. The molecule has 1 aromatic heterocycles. The van der Waals surface area contributed by atoms with Crippen molar-refractivity contribution in [3.8, 4) is 0 Å². The zero-order valence-electron chi connectivity index (χ0n) is 11.9. The van der Waals surface area contributed by atoms with Crippen LogP contribution < -0.4 is 10.9 Å². The summed E-state index contributed by atoms with van der Waals surface area (Å²) < 4.78 is 13.7. The zero-order chi connectivity index (χ0) is 16.3. The van der Waals surface area contributed by atoms with Gasteiger partial charge in [0.2, 0.25) is 0 Å². The minimum absolute atomic E-state index is 0.363. The molecule has 0 radical (unpaired) electrons. The molecule has 1 unspecified atom stereocenters. The fourth-order valence-corrected chi connectivity index (χ4v) is 2.84. The van der Waals surface area contributed by atoms with Crippen LogP contribution >= 0.6 is 15.9 Å². The number of hydrogen-bond donors (Lipinski definition) is 2. The number of nitrogens with one attached hydrogen (secondary N) is 2. The summed E-state index contributed by atoms with van der Waals surface area (Å²) in [4.78, 5) is 24.5. The molecule has 0 aliphatic carbocycles. The summed E-state index contributed by atoms with van der Waals surface area (Å²) in [6.45, 7) is 0. The maximum absolute atomic E-state index is 12.0. The molecule has 116 valence electrons. The van der Waals surface area contributed by atoms with E-state index in [0.29, 0.717) is 16.2 Å². The van der Waals surface area contributed by atoms with Crippen molar-refractivity contribution in [2.45, 2.75) is 4.90 Å². The number of rotatable bonds is 3. The Hall–Kier alpha value is -1.93. The lowest BCUT2D eigenvalue weighted by molar-refractivity contribution is 0.0842. The Morgan fingerprint density at radius 2 is 1.73 bits per heavy atom. The van der Waals surface area contributed by atoms with Crippen LogP contribution in [0.1, 0.15) is 20.8 Å². The van der Waals surface area contributed by atoms with E-state index in [-0.39, 0.29) is 0 Å². The van der Waals surface area contributed by atoms with Crippen molar-refractivity contribution >= 4 is 38.5 Å². The van der Waals surface area contributed by atoms with Gasteiger partial charge in [0, 0.05) is 45.2 Å². The van der Waals surface area contributed by atoms with Crippen molar-refractivity contribution in [3.05, 3.63) is 52.3 Å². The Balaban J connectivity index is 1.99. The predicted molar refractivity (Wildman–Crippen MR) is 86.8 cm³/mol. The molecule has 2 rings (SSSR count). The average molecular weight is 384 g/mol. The number of amides is 2. The topological polar surface area (TPSA) is 80.2 Å². The van der Waals surface area contributed by atoms with Gasteiger partial charge >= 0.3 is 0 Å². The van der Waals surface area contributed by atoms with Gasteiger partial charge in [0.15, 0.2) is 0 Å². The minimum Gasteiger partial charge on any atom is -0.345 e. The summed E-state index contributed by atoms with van der Waals surface area (Å²) in [6.07, 6.45) is 3.30. The van der Waals surface area contributed by atoms with Gasteiger partial charge in [-0.15, -0.1) is 0 Å². The lowest BCUT2D eigenvalue weighted by Crippen LogP contribution is -2.42. The van der Waals surface area contributed by atoms with Crippen LogP contribution in [-0.2, 0) is 17.8 Å². The normalized spacial score (nSPS) is 11.8. The van der Waals surface area contributed by atoms with E-state index in [0.717, 1.165) is 4.47 Å². The number of halogens is 1. The summed E-state index contributed by atoms with van der Waals surface area (Å²) in [5.41, 5.74) is 5.46. The van der Waals surface area contributed by atoms with Crippen LogP contribution in [0.4, 0.5) is 0 Å². The number of hydrogen-bond acceptors (Lipinski definition) is 3. The number of aromatic nitrogens is 1. The highest BCUT2D eigenvalue weighted by molar-refractivity contribution is 9.10. The number of benzene rings is 1. The van der Waals surface area contributed by atoms with Gasteiger partial charge in [-0.2, -0.15) is 0 Å². The molecule has 22 heavy (non-hydrogen) atoms. The first kappa shape index (κ1) is 16.4. The van der Waals surface area contributed by atoms with E-state index in [9.17, 15) is 13.8 Å². The molecule has 0 fully saturated rings. The van der Waals surface area contributed by atoms with Crippen molar-refractivity contribution in [1.29, 1.82) is 0 Å². The number of carbonyl (C=O) groups excluding carboxylic acids is 2. The highest BCUT2D eigenvalue weighted by Gasteiger charge is 2.12. The second kappa shape index (κ2) is 6.89. The van der Waals surface area contributed by atoms with Gasteiger partial charge in [0.1, 0.15) is 5.69 Å². The Kier molecular flexibility index (Phi) is 5.15. The first-order valence-electron chi connectivity index (χ1n) is 6.24. The summed E-state index contributed by atoms with van der Waals surface area (Å²) >= 11 is 3.27. The Bertz CT molecular complexity index is 740. The molecule has 0 aliphatic heterocycles. The monoisotopic (exact) mass is 383 g/mol. The smallest absolute Gasteiger partial charge is 0.286 e. The Morgan fingerprint density at radius 3 is 2.23 bits per heavy atom. The van der Waals surface area contributed by atoms with Gasteiger partial charge in [-0.25, -0.2) is 0 Å². The molecule has 6 nitrogen and oxygen atoms in total. The first-order valence-corrected chi connectivity index (χ1v) is 8.59. The summed E-state index contributed by atoms with van der Waals surface area (Å²) in [5.74, 6) is -0.872. The van der Waals surface area contributed by atoms with Gasteiger partial charge < -0.3 is 4.57 Å². The molecular weight excluding hydrogens is 370 g/mol. The molecule has 1 heterocycles. The second-order valence-electron chi connectivity index (χ2n) is 4.54. The maximum atomic E-state index is 12.0. The van der Waals surface area contributed by atoms with E-state index < -0.39 is 22.6 Å². The standard InChI is InChI=1S/C14H14BrN3O3S/c1-18-8-10(15)7-12(18)14(20)17-16-13(19)9-3-5-11(6-4-9)22(2)21/h3-8H,1-2H3,(H,16,19)(H,17,20). The summed E-state index contributed by atoms with van der Waals surface area (Å²) in [5, 5.41) is 0. The molecule has 1 atom stereocenters. The Morgan fingerprint density at radius 1 is 1.14 bits per heavy atom. The highest BCUT2D eigenvalue weighted by atomic mass is 79.9. The SMILES string of the molecule is Cn1cc(Br)cc1C(=O)NNC(=O)c1ccc(S(C)=O)cc1. The fraction of sp³-hybridized carbons (Fsp3) is 0.143. The van der Waals surface area contributed by atoms with E-state index in [1.807, 2.05) is 0 Å². The number of nitrogens with zero attached hydrogens (tertiary/aromatic N) is 1. The van der Waals surface area contributed by atoms with E-state index in [1.165, 1.54) is 0 Å². The zero-order valence-corrected chi connectivity index (χ0v) is 14.3. The van der Waals surface area contributed by atoms with Gasteiger partial charge in [0.25, 0.3) is 11.8 Å². The van der Waals surface area contributed by atoms with Crippen LogP contribution in [-0.4, -0.2) is 26.8 Å². The molecule has 0 saturated heterocycles. The molecule has 8 heteroatoms. The van der Waals surface area contributed by atoms with Crippen molar-refractivity contribution in [2.75, 3.05) is 6.26 Å². The van der Waals surface area contributed by atoms with Gasteiger partial charge in [-0.3, -0.25) is 24.6 Å². The van der Waals surface area contributed by atoms with Crippen molar-refractivity contribution < 1.29 is 13.8 Å². The second-order valence-corrected chi connectivity index (χ2v) is 6.84. The number of aryl methyl sites for hydroxylation is 1. The molecule has 1 aromatic carbocycles. The molecular formula is C14H14BrN3O3S. The van der Waals surface area contributed by atoms with E-state index in [4.69, 9.17) is 0 Å². The van der Waals surface area contributed by atoms with Crippen LogP contribution in [0, 0.1) is 0 Å². The van der Waals surface area contributed by atoms with E-state index in [1.54, 1.807) is 54.4 Å². The van der Waals surface area contributed by atoms with E-state index in [2.05, 4.69) is 26.8 Å². The molecule has 2 N–H and O–H groups in total. The predicted octanol–water partition coefficient (Wildman–Crippen LogP) is 1.60. The fourth-order valence-electron chi connectivity index (χ4n) is 1.80. The summed E-state index contributed by atoms with van der Waals surface area (Å²) in [6, 6.07) is 7.98. The third-order valence-corrected chi connectivity index (χ3v) is 4.31. The van der Waals surface area contributed by atoms with Crippen molar-refractivity contribution in [1.82, 2.24) is 15.4 Å². The molecule has 2 amide bonds. The molecule has 0 aliphatic rings. The average Bonchev–Trinajstić information content (AvgIpc) is 2.83. The van der Waals surface area contributed by atoms with Gasteiger partial charge in [-0.1, -0.05) is 0 Å². The van der Waals surface area contributed by atoms with Crippen LogP contribution in [0.15, 0.2) is 45.9 Å². The van der Waals surface area contributed by atoms with Crippen molar-refractivity contribution in [3.63, 3.8) is 0 Å². The van der Waals surface area contributed by atoms with Crippen molar-refractivity contribution in [2.24, 2.45) is 7.05 Å². The quantitative estimate of drug-likeness (QED) is 0.789. The van der Waals surface area contributed by atoms with E-state index >= 15 is 0 Å². The van der Waals surface area contributed by atoms with Crippen LogP contribution in [0.3, 0.4) is 0 Å². The van der Waals surface area contributed by atoms with Crippen LogP contribution in [0.25, 0.3) is 0 Å². The molecule has 2 aromatic rings. The van der Waals surface area contributed by atoms with Crippen LogP contribution in [0.2, 0.25) is 0 Å².